The maximum atomic E-state index is 12.0. The van der Waals surface area contributed by atoms with Crippen molar-refractivity contribution < 1.29 is 9.53 Å². The molecule has 6 nitrogen and oxygen atoms in total. The van der Waals surface area contributed by atoms with Gasteiger partial charge in [-0.05, 0) is 11.4 Å². The number of aromatic nitrogens is 1. The summed E-state index contributed by atoms with van der Waals surface area (Å²) in [6.07, 6.45) is 0. The Hall–Kier alpha value is -1.64. The van der Waals surface area contributed by atoms with Crippen molar-refractivity contribution in [2.24, 2.45) is 0 Å². The van der Waals surface area contributed by atoms with E-state index in [2.05, 4.69) is 15.6 Å². The molecule has 1 amide bonds. The van der Waals surface area contributed by atoms with E-state index in [1.54, 1.807) is 7.11 Å². The molecule has 0 saturated heterocycles. The Morgan fingerprint density at radius 1 is 1.58 bits per heavy atom. The number of amides is 1. The average molecular weight is 298 g/mol. The second kappa shape index (κ2) is 6.50. The van der Waals surface area contributed by atoms with Crippen LogP contribution in [-0.4, -0.2) is 31.2 Å². The minimum Gasteiger partial charge on any atom is -0.383 e. The second-order valence-corrected chi connectivity index (χ2v) is 5.40. The van der Waals surface area contributed by atoms with Crippen LogP contribution in [0.15, 0.2) is 16.8 Å². The van der Waals surface area contributed by atoms with Crippen LogP contribution in [0, 0.1) is 0 Å². The third-order valence-corrected chi connectivity index (χ3v) is 3.93. The topological polar surface area (TPSA) is 89.3 Å². The molecule has 0 atom stereocenters. The van der Waals surface area contributed by atoms with Crippen molar-refractivity contribution in [1.82, 2.24) is 4.98 Å². The Bertz CT molecular complexity index is 539. The summed E-state index contributed by atoms with van der Waals surface area (Å²) >= 11 is 2.74. The number of thiazole rings is 1. The molecular weight excluding hydrogens is 284 g/mol. The highest BCUT2D eigenvalue weighted by Gasteiger charge is 2.16. The van der Waals surface area contributed by atoms with Gasteiger partial charge in [-0.15, -0.1) is 0 Å². The number of thiophene rings is 1. The zero-order valence-electron chi connectivity index (χ0n) is 10.3. The Morgan fingerprint density at radius 2 is 2.42 bits per heavy atom. The van der Waals surface area contributed by atoms with Gasteiger partial charge in [-0.3, -0.25) is 4.79 Å². The highest BCUT2D eigenvalue weighted by atomic mass is 32.1. The number of carbonyl (C=O) groups excluding carboxylic acids is 1. The van der Waals surface area contributed by atoms with Crippen molar-refractivity contribution in [3.63, 3.8) is 0 Å². The van der Waals surface area contributed by atoms with Gasteiger partial charge >= 0.3 is 0 Å². The molecule has 0 aliphatic heterocycles. The van der Waals surface area contributed by atoms with Crippen molar-refractivity contribution >= 4 is 45.2 Å². The van der Waals surface area contributed by atoms with Crippen LogP contribution in [0.2, 0.25) is 0 Å². The summed E-state index contributed by atoms with van der Waals surface area (Å²) in [6, 6.07) is 1.83. The summed E-state index contributed by atoms with van der Waals surface area (Å²) in [5.74, 6) is -0.00848. The van der Waals surface area contributed by atoms with Gasteiger partial charge < -0.3 is 21.1 Å². The molecule has 102 valence electrons. The standard InChI is InChI=1S/C11H14N4O2S2/c1-17-4-3-13-11-15-9(12)8(19-11)10(16)14-7-2-5-18-6-7/h2,5-6H,3-4,12H2,1H3,(H,13,15)(H,14,16). The number of hydrogen-bond acceptors (Lipinski definition) is 7. The molecule has 2 rings (SSSR count). The first-order chi connectivity index (χ1) is 9.20. The van der Waals surface area contributed by atoms with Crippen LogP contribution < -0.4 is 16.4 Å². The molecule has 8 heteroatoms. The number of hydrogen-bond donors (Lipinski definition) is 3. The minimum absolute atomic E-state index is 0.234. The summed E-state index contributed by atoms with van der Waals surface area (Å²) in [6.45, 7) is 1.19. The maximum Gasteiger partial charge on any atom is 0.269 e. The van der Waals surface area contributed by atoms with Crippen molar-refractivity contribution in [3.05, 3.63) is 21.7 Å². The van der Waals surface area contributed by atoms with Crippen molar-refractivity contribution in [1.29, 1.82) is 0 Å². The predicted octanol–water partition coefficient (Wildman–Crippen LogP) is 2.10. The van der Waals surface area contributed by atoms with Crippen LogP contribution in [0.25, 0.3) is 0 Å². The monoisotopic (exact) mass is 298 g/mol. The Labute approximate surface area is 118 Å². The predicted molar refractivity (Wildman–Crippen MR) is 79.2 cm³/mol. The molecule has 0 bridgehead atoms. The van der Waals surface area contributed by atoms with Gasteiger partial charge in [0.1, 0.15) is 10.7 Å². The molecule has 0 fully saturated rings. The van der Waals surface area contributed by atoms with E-state index in [1.165, 1.54) is 22.7 Å². The van der Waals surface area contributed by atoms with Crippen LogP contribution in [-0.2, 0) is 4.74 Å². The maximum absolute atomic E-state index is 12.0. The summed E-state index contributed by atoms with van der Waals surface area (Å²) in [7, 11) is 1.62. The summed E-state index contributed by atoms with van der Waals surface area (Å²) in [5, 5.41) is 10.2. The number of anilines is 3. The van der Waals surface area contributed by atoms with E-state index in [4.69, 9.17) is 10.5 Å². The molecule has 2 heterocycles. The summed E-state index contributed by atoms with van der Waals surface area (Å²) < 4.78 is 4.92. The van der Waals surface area contributed by atoms with Gasteiger partial charge in [-0.2, -0.15) is 11.3 Å². The van der Waals surface area contributed by atoms with Crippen LogP contribution in [0.4, 0.5) is 16.6 Å². The molecule has 0 aliphatic carbocycles. The number of carbonyl (C=O) groups is 1. The van der Waals surface area contributed by atoms with E-state index in [9.17, 15) is 4.79 Å². The minimum atomic E-state index is -0.242. The Morgan fingerprint density at radius 3 is 3.11 bits per heavy atom. The third kappa shape index (κ3) is 3.66. The molecule has 0 aliphatic rings. The molecule has 0 aromatic carbocycles. The first-order valence-electron chi connectivity index (χ1n) is 5.53. The van der Waals surface area contributed by atoms with E-state index in [-0.39, 0.29) is 11.7 Å². The number of nitrogen functional groups attached to an aromatic ring is 1. The smallest absolute Gasteiger partial charge is 0.269 e. The van der Waals surface area contributed by atoms with Gasteiger partial charge in [0.25, 0.3) is 5.91 Å². The van der Waals surface area contributed by atoms with Crippen molar-refractivity contribution in [2.45, 2.75) is 0 Å². The second-order valence-electron chi connectivity index (χ2n) is 3.62. The van der Waals surface area contributed by atoms with Crippen molar-refractivity contribution in [2.75, 3.05) is 36.6 Å². The Balaban J connectivity index is 2.01. The van der Waals surface area contributed by atoms with Crippen LogP contribution in [0.5, 0.6) is 0 Å². The molecule has 2 aromatic rings. The third-order valence-electron chi connectivity index (χ3n) is 2.22. The molecule has 0 saturated carbocycles. The fourth-order valence-corrected chi connectivity index (χ4v) is 2.75. The van der Waals surface area contributed by atoms with Gasteiger partial charge in [0.15, 0.2) is 5.13 Å². The first kappa shape index (κ1) is 13.8. The molecule has 0 radical (unpaired) electrons. The molecule has 4 N–H and O–H groups in total. The van der Waals surface area contributed by atoms with Gasteiger partial charge in [0.2, 0.25) is 0 Å². The number of methoxy groups -OCH3 is 1. The average Bonchev–Trinajstić information content (AvgIpc) is 2.99. The van der Waals surface area contributed by atoms with Gasteiger partial charge in [-0.25, -0.2) is 4.98 Å². The van der Waals surface area contributed by atoms with Crippen LogP contribution in [0.1, 0.15) is 9.67 Å². The van der Waals surface area contributed by atoms with E-state index >= 15 is 0 Å². The van der Waals surface area contributed by atoms with E-state index < -0.39 is 0 Å². The van der Waals surface area contributed by atoms with Crippen molar-refractivity contribution in [3.8, 4) is 0 Å². The lowest BCUT2D eigenvalue weighted by atomic mass is 10.4. The molecule has 0 unspecified atom stereocenters. The zero-order valence-corrected chi connectivity index (χ0v) is 11.9. The lowest BCUT2D eigenvalue weighted by molar-refractivity contribution is 0.103. The summed E-state index contributed by atoms with van der Waals surface area (Å²) in [4.78, 5) is 16.5. The van der Waals surface area contributed by atoms with Crippen LogP contribution >= 0.6 is 22.7 Å². The molecule has 2 aromatic heterocycles. The lowest BCUT2D eigenvalue weighted by Crippen LogP contribution is -2.11. The summed E-state index contributed by atoms with van der Waals surface area (Å²) in [5.41, 5.74) is 6.51. The first-order valence-corrected chi connectivity index (χ1v) is 7.29. The van der Waals surface area contributed by atoms with Gasteiger partial charge in [0, 0.05) is 19.0 Å². The lowest BCUT2D eigenvalue weighted by Gasteiger charge is -2.00. The van der Waals surface area contributed by atoms with Crippen LogP contribution in [0.3, 0.4) is 0 Å². The highest BCUT2D eigenvalue weighted by molar-refractivity contribution is 7.18. The fourth-order valence-electron chi connectivity index (χ4n) is 1.35. The molecular formula is C11H14N4O2S2. The number of nitrogens with one attached hydrogen (secondary N) is 2. The SMILES string of the molecule is COCCNc1nc(N)c(C(=O)Nc2ccsc2)s1. The van der Waals surface area contributed by atoms with E-state index in [0.29, 0.717) is 23.2 Å². The van der Waals surface area contributed by atoms with E-state index in [0.717, 1.165) is 5.69 Å². The number of rotatable bonds is 6. The fraction of sp³-hybridized carbons (Fsp3) is 0.273. The zero-order chi connectivity index (χ0) is 13.7. The van der Waals surface area contributed by atoms with Gasteiger partial charge in [-0.1, -0.05) is 11.3 Å². The molecule has 0 spiro atoms. The number of nitrogens with zero attached hydrogens (tertiary/aromatic N) is 1. The highest BCUT2D eigenvalue weighted by Crippen LogP contribution is 2.26. The quantitative estimate of drug-likeness (QED) is 0.711. The number of nitrogens with two attached hydrogens (primary N) is 1. The van der Waals surface area contributed by atoms with Gasteiger partial charge in [0.05, 0.1) is 12.3 Å². The molecule has 19 heavy (non-hydrogen) atoms. The largest absolute Gasteiger partial charge is 0.383 e. The normalized spacial score (nSPS) is 10.4. The van der Waals surface area contributed by atoms with E-state index in [1.807, 2.05) is 16.8 Å². The number of ether oxygens (including phenoxy) is 1. The Kier molecular flexibility index (Phi) is 4.72.